The molecule has 1 aliphatic carbocycles. The Kier molecular flexibility index (Phi) is 16.2. The van der Waals surface area contributed by atoms with E-state index >= 15 is 0 Å². The van der Waals surface area contributed by atoms with Gasteiger partial charge in [0.25, 0.3) is 0 Å². The summed E-state index contributed by atoms with van der Waals surface area (Å²) in [6.45, 7) is 4.36. The number of aliphatic hydroxyl groups excluding tert-OH is 1. The van der Waals surface area contributed by atoms with E-state index in [1.807, 2.05) is 31.2 Å². The molecule has 45 heavy (non-hydrogen) atoms. The summed E-state index contributed by atoms with van der Waals surface area (Å²) in [6.07, 6.45) is 0.877. The monoisotopic (exact) mass is 665 g/mol. The predicted octanol–water partition coefficient (Wildman–Crippen LogP) is 7.77. The maximum absolute atomic E-state index is 13.6. The molecule has 0 spiro atoms. The zero-order valence-electron chi connectivity index (χ0n) is 26.0. The third-order valence-electron chi connectivity index (χ3n) is 7.99. The Bertz CT molecular complexity index is 1120. The van der Waals surface area contributed by atoms with Crippen molar-refractivity contribution in [1.29, 1.82) is 0 Å². The molecule has 3 atom stereocenters. The second-order valence-corrected chi connectivity index (χ2v) is 11.9. The van der Waals surface area contributed by atoms with Crippen LogP contribution in [-0.2, 0) is 10.2 Å². The average molecular weight is 666 g/mol. The molecule has 3 unspecified atom stereocenters. The van der Waals surface area contributed by atoms with E-state index in [0.717, 1.165) is 32.9 Å². The number of nitrogens with zero attached hydrogens (tertiary/aromatic N) is 1. The molecule has 3 N–H and O–H groups in total. The highest BCUT2D eigenvalue weighted by Gasteiger charge is 2.43. The van der Waals surface area contributed by atoms with Crippen LogP contribution in [0.5, 0.6) is 0 Å². The molecule has 1 aromatic carbocycles. The summed E-state index contributed by atoms with van der Waals surface area (Å²) in [4.78, 5) is 15.8. The molecule has 1 aromatic rings. The van der Waals surface area contributed by atoms with Crippen LogP contribution < -0.4 is 10.6 Å². The van der Waals surface area contributed by atoms with Gasteiger partial charge >= 0.3 is 12.4 Å². The Morgan fingerprint density at radius 2 is 1.76 bits per heavy atom. The number of nitrogens with one attached hydrogen (secondary N) is 2. The number of unbranched alkanes of at least 4 members (excludes halogenated alkanes) is 1. The molecule has 254 valence electrons. The van der Waals surface area contributed by atoms with E-state index in [2.05, 4.69) is 15.5 Å². The number of carbonyl (C=O) groups excluding carboxylic acids is 1. The van der Waals surface area contributed by atoms with Gasteiger partial charge < -0.3 is 15.3 Å². The lowest BCUT2D eigenvalue weighted by Gasteiger charge is -2.36. The highest BCUT2D eigenvalue weighted by Crippen LogP contribution is 2.40. The van der Waals surface area contributed by atoms with Gasteiger partial charge in [-0.2, -0.15) is 26.3 Å². The zero-order chi connectivity index (χ0) is 33.5. The number of carbonyl (C=O) groups is 1. The molecule has 0 fully saturated rings. The molecule has 0 aromatic heterocycles. The van der Waals surface area contributed by atoms with Gasteiger partial charge in [0.15, 0.2) is 0 Å². The van der Waals surface area contributed by atoms with Crippen LogP contribution in [0.25, 0.3) is 0 Å². The molecule has 0 saturated heterocycles. The lowest BCUT2D eigenvalue weighted by atomic mass is 9.68. The number of hydrogen-bond donors (Lipinski definition) is 3. The molecule has 0 heterocycles. The van der Waals surface area contributed by atoms with Crippen LogP contribution in [0.15, 0.2) is 65.2 Å². The first kappa shape index (κ1) is 38.8. The number of benzene rings is 1. The van der Waals surface area contributed by atoms with E-state index in [1.165, 1.54) is 6.08 Å². The lowest BCUT2D eigenvalue weighted by Crippen LogP contribution is -2.48. The van der Waals surface area contributed by atoms with Crippen molar-refractivity contribution >= 4 is 17.5 Å². The van der Waals surface area contributed by atoms with Gasteiger partial charge in [-0.15, -0.1) is 0 Å². The summed E-state index contributed by atoms with van der Waals surface area (Å²) >= 11 is 6.01. The topological polar surface area (TPSA) is 64.6 Å². The number of allylic oxidation sites excluding steroid dienone is 4. The summed E-state index contributed by atoms with van der Waals surface area (Å²) in [7, 11) is 0. The lowest BCUT2D eigenvalue weighted by molar-refractivity contribution is -0.168. The Morgan fingerprint density at radius 3 is 2.36 bits per heavy atom. The molecule has 0 radical (unpaired) electrons. The van der Waals surface area contributed by atoms with Gasteiger partial charge in [0, 0.05) is 11.5 Å². The highest BCUT2D eigenvalue weighted by molar-refractivity contribution is 6.29. The molecule has 2 rings (SSSR count). The molecule has 1 amide bonds. The number of hydrogen-bond acceptors (Lipinski definition) is 4. The number of alkyl halides is 6. The number of amides is 1. The van der Waals surface area contributed by atoms with Gasteiger partial charge in [-0.25, -0.2) is 0 Å². The minimum atomic E-state index is -4.53. The van der Waals surface area contributed by atoms with Crippen LogP contribution in [0.3, 0.4) is 0 Å². The molecule has 1 aliphatic rings. The number of aliphatic hydroxyl groups is 1. The first-order valence-corrected chi connectivity index (χ1v) is 15.9. The summed E-state index contributed by atoms with van der Waals surface area (Å²) in [5.74, 6) is -2.18. The minimum Gasteiger partial charge on any atom is -0.378 e. The fourth-order valence-corrected chi connectivity index (χ4v) is 5.55. The molecular formula is C33H46ClF6N3O2. The quantitative estimate of drug-likeness (QED) is 0.0803. The van der Waals surface area contributed by atoms with Crippen molar-refractivity contribution in [2.45, 2.75) is 89.2 Å². The summed E-state index contributed by atoms with van der Waals surface area (Å²) < 4.78 is 77.3. The van der Waals surface area contributed by atoms with Gasteiger partial charge in [0.2, 0.25) is 5.91 Å². The fourth-order valence-electron chi connectivity index (χ4n) is 5.32. The Hall–Kier alpha value is -2.34. The first-order chi connectivity index (χ1) is 21.2. The van der Waals surface area contributed by atoms with Crippen LogP contribution in [-0.4, -0.2) is 67.2 Å². The van der Waals surface area contributed by atoms with Crippen molar-refractivity contribution in [3.05, 3.63) is 70.8 Å². The largest absolute Gasteiger partial charge is 0.405 e. The van der Waals surface area contributed by atoms with Crippen LogP contribution in [0.4, 0.5) is 26.3 Å². The molecule has 0 saturated carbocycles. The van der Waals surface area contributed by atoms with Crippen LogP contribution in [0.1, 0.15) is 70.8 Å². The van der Waals surface area contributed by atoms with Crippen LogP contribution >= 0.6 is 11.6 Å². The van der Waals surface area contributed by atoms with Crippen molar-refractivity contribution in [2.24, 2.45) is 5.92 Å². The summed E-state index contributed by atoms with van der Waals surface area (Å²) in [5, 5.41) is 15.4. The maximum atomic E-state index is 13.6. The van der Waals surface area contributed by atoms with Gasteiger partial charge in [-0.05, 0) is 75.8 Å². The van der Waals surface area contributed by atoms with E-state index in [9.17, 15) is 36.2 Å². The average Bonchev–Trinajstić information content (AvgIpc) is 2.99. The van der Waals surface area contributed by atoms with Gasteiger partial charge in [-0.1, -0.05) is 86.5 Å². The summed E-state index contributed by atoms with van der Waals surface area (Å²) in [5.41, 5.74) is 0.117. The third-order valence-corrected chi connectivity index (χ3v) is 8.29. The Labute approximate surface area is 267 Å². The number of rotatable bonds is 19. The zero-order valence-corrected chi connectivity index (χ0v) is 26.7. The first-order valence-electron chi connectivity index (χ1n) is 15.5. The standard InChI is InChI=1S/C33H46ClF6N3O2/c1-3-43(22-12-20-41-29(44)23-28(34)18-17-25(2)33(38,39)40)21-11-10-19-31(26-13-6-4-7-14-26,27-15-8-5-9-16-27)30(45)42-24-32(35,36)37/h4,6-8,13-16,18,25,29,41,44H,3,5,9-12,17,19-24H2,1-2H3,(H,42,45)/b28-18+. The second-order valence-electron chi connectivity index (χ2n) is 11.5. The van der Waals surface area contributed by atoms with E-state index < -0.39 is 42.4 Å². The van der Waals surface area contributed by atoms with E-state index in [0.29, 0.717) is 49.9 Å². The van der Waals surface area contributed by atoms with Gasteiger partial charge in [0.1, 0.15) is 12.8 Å². The second kappa shape index (κ2) is 18.7. The molecule has 0 bridgehead atoms. The third kappa shape index (κ3) is 13.5. The minimum absolute atomic E-state index is 0.00889. The normalized spacial score (nSPS) is 17.1. The Morgan fingerprint density at radius 1 is 1.07 bits per heavy atom. The van der Waals surface area contributed by atoms with Crippen molar-refractivity contribution in [2.75, 3.05) is 32.7 Å². The molecule has 0 aliphatic heterocycles. The van der Waals surface area contributed by atoms with Crippen LogP contribution in [0, 0.1) is 5.92 Å². The molecular weight excluding hydrogens is 620 g/mol. The van der Waals surface area contributed by atoms with Gasteiger partial charge in [0.05, 0.1) is 11.3 Å². The van der Waals surface area contributed by atoms with Gasteiger partial charge in [-0.3, -0.25) is 10.1 Å². The van der Waals surface area contributed by atoms with E-state index in [-0.39, 0.29) is 17.9 Å². The molecule has 12 heteroatoms. The number of halogens is 7. The van der Waals surface area contributed by atoms with E-state index in [1.54, 1.807) is 24.3 Å². The molecule has 5 nitrogen and oxygen atoms in total. The van der Waals surface area contributed by atoms with Crippen LogP contribution in [0.2, 0.25) is 0 Å². The van der Waals surface area contributed by atoms with Crippen molar-refractivity contribution < 1.29 is 36.2 Å². The van der Waals surface area contributed by atoms with E-state index in [4.69, 9.17) is 11.6 Å². The van der Waals surface area contributed by atoms with Crippen molar-refractivity contribution in [3.63, 3.8) is 0 Å². The van der Waals surface area contributed by atoms with Crippen molar-refractivity contribution in [1.82, 2.24) is 15.5 Å². The highest BCUT2D eigenvalue weighted by atomic mass is 35.5. The summed E-state index contributed by atoms with van der Waals surface area (Å²) in [6, 6.07) is 8.97. The maximum Gasteiger partial charge on any atom is 0.405 e. The Balaban J connectivity index is 1.93. The predicted molar refractivity (Wildman–Crippen MR) is 167 cm³/mol. The van der Waals surface area contributed by atoms with Crippen molar-refractivity contribution in [3.8, 4) is 0 Å². The fraction of sp³-hybridized carbons (Fsp3) is 0.606. The smallest absolute Gasteiger partial charge is 0.378 e. The SMILES string of the molecule is CCN(CCCCC(C(=O)NCC(F)(F)F)(C1=CCCC=C1)c1ccccc1)CCCNC(O)C/C(Cl)=C\CC(C)C(F)(F)F.